The largest absolute Gasteiger partial charge is 0.462 e. The molecule has 6 heteroatoms. The quantitative estimate of drug-likeness (QED) is 0.822. The molecule has 94 valence electrons. The molecule has 2 N–H and O–H groups in total. The Morgan fingerprint density at radius 3 is 2.71 bits per heavy atom. The van der Waals surface area contributed by atoms with Gasteiger partial charge in [-0.25, -0.2) is 13.6 Å². The Morgan fingerprint density at radius 1 is 1.59 bits per heavy atom. The van der Waals surface area contributed by atoms with Crippen LogP contribution in [-0.4, -0.2) is 17.6 Å². The smallest absolute Gasteiger partial charge is 0.340 e. The lowest BCUT2D eigenvalue weighted by atomic mass is 10.0. The van der Waals surface area contributed by atoms with Gasteiger partial charge in [-0.3, -0.25) is 4.98 Å². The molecule has 0 saturated heterocycles. The predicted molar refractivity (Wildman–Crippen MR) is 57.8 cm³/mol. The maximum Gasteiger partial charge on any atom is 0.340 e. The van der Waals surface area contributed by atoms with Crippen LogP contribution in [0.1, 0.15) is 40.5 Å². The van der Waals surface area contributed by atoms with Crippen molar-refractivity contribution in [3.05, 3.63) is 28.6 Å². The minimum Gasteiger partial charge on any atom is -0.462 e. The number of hydrogen-bond acceptors (Lipinski definition) is 4. The van der Waals surface area contributed by atoms with Gasteiger partial charge in [-0.05, 0) is 19.4 Å². The van der Waals surface area contributed by atoms with Crippen LogP contribution >= 0.6 is 0 Å². The van der Waals surface area contributed by atoms with Crippen LogP contribution < -0.4 is 5.73 Å². The summed E-state index contributed by atoms with van der Waals surface area (Å²) in [6, 6.07) is 0. The lowest BCUT2D eigenvalue weighted by molar-refractivity contribution is 0.0514. The predicted octanol–water partition coefficient (Wildman–Crippen LogP) is 1.96. The highest BCUT2D eigenvalue weighted by molar-refractivity contribution is 5.91. The van der Waals surface area contributed by atoms with Gasteiger partial charge in [0.25, 0.3) is 6.43 Å². The van der Waals surface area contributed by atoms with E-state index < -0.39 is 12.4 Å². The second-order valence-corrected chi connectivity index (χ2v) is 3.38. The number of nitrogens with zero attached hydrogens (tertiary/aromatic N) is 1. The summed E-state index contributed by atoms with van der Waals surface area (Å²) in [7, 11) is 0. The molecular weight excluding hydrogens is 230 g/mol. The Balaban J connectivity index is 3.31. The highest BCUT2D eigenvalue weighted by Crippen LogP contribution is 2.28. The molecule has 0 aliphatic rings. The van der Waals surface area contributed by atoms with Crippen LogP contribution in [0.2, 0.25) is 0 Å². The van der Waals surface area contributed by atoms with Gasteiger partial charge >= 0.3 is 5.97 Å². The number of pyridine rings is 1. The first-order valence-corrected chi connectivity index (χ1v) is 5.16. The summed E-state index contributed by atoms with van der Waals surface area (Å²) in [4.78, 5) is 15.4. The van der Waals surface area contributed by atoms with E-state index >= 15 is 0 Å². The number of ether oxygens (including phenoxy) is 1. The molecular formula is C11H14F2N2O2. The summed E-state index contributed by atoms with van der Waals surface area (Å²) in [5.41, 5.74) is 5.43. The summed E-state index contributed by atoms with van der Waals surface area (Å²) >= 11 is 0. The number of halogens is 2. The lowest BCUT2D eigenvalue weighted by Crippen LogP contribution is -2.14. The molecule has 17 heavy (non-hydrogen) atoms. The minimum atomic E-state index is -2.76. The molecule has 0 unspecified atom stereocenters. The number of esters is 1. The number of carbonyl (C=O) groups excluding carboxylic acids is 1. The lowest BCUT2D eigenvalue weighted by Gasteiger charge is -2.13. The zero-order valence-corrected chi connectivity index (χ0v) is 9.67. The van der Waals surface area contributed by atoms with Gasteiger partial charge in [-0.1, -0.05) is 0 Å². The molecule has 4 nitrogen and oxygen atoms in total. The minimum absolute atomic E-state index is 0.0503. The molecule has 0 bridgehead atoms. The van der Waals surface area contributed by atoms with Crippen molar-refractivity contribution < 1.29 is 18.3 Å². The number of nitrogens with two attached hydrogens (primary N) is 1. The van der Waals surface area contributed by atoms with E-state index in [0.29, 0.717) is 5.69 Å². The van der Waals surface area contributed by atoms with E-state index in [2.05, 4.69) is 4.98 Å². The van der Waals surface area contributed by atoms with Crippen molar-refractivity contribution in [3.63, 3.8) is 0 Å². The van der Waals surface area contributed by atoms with E-state index in [-0.39, 0.29) is 29.8 Å². The SMILES string of the molecule is CCOC(=O)c1cnc(CN)c(C)c1C(F)F. The molecule has 1 rings (SSSR count). The Kier molecular flexibility index (Phi) is 4.51. The Bertz CT molecular complexity index is 422. The zero-order chi connectivity index (χ0) is 13.0. The van der Waals surface area contributed by atoms with E-state index in [1.165, 1.54) is 6.92 Å². The molecule has 0 aliphatic heterocycles. The summed E-state index contributed by atoms with van der Waals surface area (Å²) in [6.45, 7) is 3.25. The fourth-order valence-corrected chi connectivity index (χ4v) is 1.52. The second kappa shape index (κ2) is 5.67. The van der Waals surface area contributed by atoms with Crippen molar-refractivity contribution in [1.29, 1.82) is 0 Å². The van der Waals surface area contributed by atoms with Gasteiger partial charge in [0.15, 0.2) is 0 Å². The number of hydrogen-bond donors (Lipinski definition) is 1. The first kappa shape index (κ1) is 13.5. The molecule has 0 amide bonds. The van der Waals surface area contributed by atoms with Gasteiger partial charge in [-0.2, -0.15) is 0 Å². The molecule has 1 aromatic rings. The van der Waals surface area contributed by atoms with Crippen molar-refractivity contribution in [2.24, 2.45) is 5.73 Å². The standard InChI is InChI=1S/C11H14F2N2O2/c1-3-17-11(16)7-5-15-8(4-14)6(2)9(7)10(12)13/h5,10H,3-4,14H2,1-2H3. The average Bonchev–Trinajstić information content (AvgIpc) is 2.28. The van der Waals surface area contributed by atoms with Crippen LogP contribution in [0.25, 0.3) is 0 Å². The molecule has 1 heterocycles. The molecule has 1 aromatic heterocycles. The molecule has 0 radical (unpaired) electrons. The van der Waals surface area contributed by atoms with Gasteiger partial charge in [0.05, 0.1) is 17.9 Å². The third kappa shape index (κ3) is 2.76. The summed E-state index contributed by atoms with van der Waals surface area (Å²) in [6.07, 6.45) is -1.67. The third-order valence-corrected chi connectivity index (χ3v) is 2.38. The van der Waals surface area contributed by atoms with Crippen molar-refractivity contribution in [3.8, 4) is 0 Å². The maximum absolute atomic E-state index is 12.9. The van der Waals surface area contributed by atoms with Gasteiger partial charge in [0.1, 0.15) is 0 Å². The molecule has 0 fully saturated rings. The molecule has 0 atom stereocenters. The fourth-order valence-electron chi connectivity index (χ4n) is 1.52. The summed E-state index contributed by atoms with van der Waals surface area (Å²) in [5.74, 6) is -0.790. The van der Waals surface area contributed by atoms with Crippen LogP contribution in [0.4, 0.5) is 8.78 Å². The van der Waals surface area contributed by atoms with Crippen LogP contribution in [0.5, 0.6) is 0 Å². The van der Waals surface area contributed by atoms with E-state index in [4.69, 9.17) is 10.5 Å². The number of aromatic nitrogens is 1. The molecule has 0 saturated carbocycles. The van der Waals surface area contributed by atoms with E-state index in [9.17, 15) is 13.6 Å². The Hall–Kier alpha value is -1.56. The third-order valence-electron chi connectivity index (χ3n) is 2.38. The molecule has 0 aliphatic carbocycles. The van der Waals surface area contributed by atoms with E-state index in [1.807, 2.05) is 0 Å². The number of rotatable bonds is 4. The van der Waals surface area contributed by atoms with Gasteiger partial charge in [0, 0.05) is 18.3 Å². The normalized spacial score (nSPS) is 10.7. The molecule has 0 aromatic carbocycles. The monoisotopic (exact) mass is 244 g/mol. The van der Waals surface area contributed by atoms with E-state index in [1.54, 1.807) is 6.92 Å². The van der Waals surface area contributed by atoms with Crippen molar-refractivity contribution in [2.75, 3.05) is 6.61 Å². The highest BCUT2D eigenvalue weighted by atomic mass is 19.3. The van der Waals surface area contributed by atoms with Crippen molar-refractivity contribution in [2.45, 2.75) is 26.8 Å². The van der Waals surface area contributed by atoms with Crippen LogP contribution in [-0.2, 0) is 11.3 Å². The van der Waals surface area contributed by atoms with E-state index in [0.717, 1.165) is 6.20 Å². The number of carbonyl (C=O) groups is 1. The first-order valence-electron chi connectivity index (χ1n) is 5.16. The summed E-state index contributed by atoms with van der Waals surface area (Å²) < 4.78 is 30.6. The molecule has 0 spiro atoms. The second-order valence-electron chi connectivity index (χ2n) is 3.38. The van der Waals surface area contributed by atoms with Crippen LogP contribution in [0.3, 0.4) is 0 Å². The fraction of sp³-hybridized carbons (Fsp3) is 0.455. The highest BCUT2D eigenvalue weighted by Gasteiger charge is 2.23. The zero-order valence-electron chi connectivity index (χ0n) is 9.67. The maximum atomic E-state index is 12.9. The first-order chi connectivity index (χ1) is 8.02. The summed E-state index contributed by atoms with van der Waals surface area (Å²) in [5, 5.41) is 0. The van der Waals surface area contributed by atoms with Crippen LogP contribution in [0, 0.1) is 6.92 Å². The Morgan fingerprint density at radius 2 is 2.24 bits per heavy atom. The van der Waals surface area contributed by atoms with Crippen molar-refractivity contribution in [1.82, 2.24) is 4.98 Å². The van der Waals surface area contributed by atoms with Gasteiger partial charge in [0.2, 0.25) is 0 Å². The topological polar surface area (TPSA) is 65.2 Å². The average molecular weight is 244 g/mol. The van der Waals surface area contributed by atoms with Crippen LogP contribution in [0.15, 0.2) is 6.20 Å². The van der Waals surface area contributed by atoms with Crippen molar-refractivity contribution >= 4 is 5.97 Å². The van der Waals surface area contributed by atoms with Gasteiger partial charge in [-0.15, -0.1) is 0 Å². The van der Waals surface area contributed by atoms with Gasteiger partial charge < -0.3 is 10.5 Å². The number of alkyl halides is 2. The Labute approximate surface area is 97.8 Å².